The number of benzene rings is 1. The van der Waals surface area contributed by atoms with Crippen molar-refractivity contribution in [1.82, 2.24) is 0 Å². The molecule has 0 bridgehead atoms. The highest BCUT2D eigenvalue weighted by Gasteiger charge is 2.22. The maximum absolute atomic E-state index is 11.6. The molecule has 110 valence electrons. The molecule has 0 saturated carbocycles. The van der Waals surface area contributed by atoms with Gasteiger partial charge in [-0.15, -0.1) is 0 Å². The Balaban J connectivity index is 2.41. The van der Waals surface area contributed by atoms with E-state index in [0.29, 0.717) is 29.4 Å². The Hall–Kier alpha value is -2.08. The van der Waals surface area contributed by atoms with E-state index in [-0.39, 0.29) is 0 Å². The van der Waals surface area contributed by atoms with E-state index >= 15 is 0 Å². The molecule has 0 radical (unpaired) electrons. The van der Waals surface area contributed by atoms with Crippen LogP contribution < -0.4 is 9.47 Å². The van der Waals surface area contributed by atoms with E-state index < -0.39 is 5.97 Å². The Morgan fingerprint density at radius 3 is 2.81 bits per heavy atom. The molecule has 6 heteroatoms. The van der Waals surface area contributed by atoms with Gasteiger partial charge in [-0.05, 0) is 46.6 Å². The van der Waals surface area contributed by atoms with Crippen molar-refractivity contribution < 1.29 is 19.1 Å². The molecule has 0 amide bonds. The minimum Gasteiger partial charge on any atom is -0.493 e. The van der Waals surface area contributed by atoms with Gasteiger partial charge in [-0.2, -0.15) is 0 Å². The van der Waals surface area contributed by atoms with Crippen LogP contribution in [0.1, 0.15) is 12.5 Å². The van der Waals surface area contributed by atoms with E-state index in [4.69, 9.17) is 9.47 Å². The lowest BCUT2D eigenvalue weighted by molar-refractivity contribution is -0.136. The number of hydrogen-bond donors (Lipinski definition) is 0. The van der Waals surface area contributed by atoms with Crippen molar-refractivity contribution in [2.75, 3.05) is 13.7 Å². The van der Waals surface area contributed by atoms with E-state index in [1.807, 2.05) is 6.07 Å². The summed E-state index contributed by atoms with van der Waals surface area (Å²) >= 11 is 3.43. The van der Waals surface area contributed by atoms with E-state index in [1.165, 1.54) is 0 Å². The number of carbonyl (C=O) groups is 1. The molecule has 1 aromatic rings. The summed E-state index contributed by atoms with van der Waals surface area (Å²) in [4.78, 5) is 16.2. The lowest BCUT2D eigenvalue weighted by Gasteiger charge is -2.12. The number of rotatable bonds is 5. The first-order chi connectivity index (χ1) is 10.1. The quantitative estimate of drug-likeness (QED) is 0.463. The van der Waals surface area contributed by atoms with Crippen molar-refractivity contribution in [3.63, 3.8) is 0 Å². The molecule has 0 atom stereocenters. The second kappa shape index (κ2) is 6.58. The van der Waals surface area contributed by atoms with Crippen molar-refractivity contribution in [2.45, 2.75) is 6.92 Å². The summed E-state index contributed by atoms with van der Waals surface area (Å²) in [5, 5.41) is 3.64. The number of oxime groups is 1. The molecule has 0 fully saturated rings. The van der Waals surface area contributed by atoms with Crippen LogP contribution in [0.5, 0.6) is 11.5 Å². The Kier molecular flexibility index (Phi) is 4.80. The van der Waals surface area contributed by atoms with E-state index in [0.717, 1.165) is 10.0 Å². The van der Waals surface area contributed by atoms with Gasteiger partial charge in [0.2, 0.25) is 0 Å². The van der Waals surface area contributed by atoms with Crippen LogP contribution in [-0.4, -0.2) is 25.4 Å². The van der Waals surface area contributed by atoms with Gasteiger partial charge < -0.3 is 14.3 Å². The molecule has 0 spiro atoms. The largest absolute Gasteiger partial charge is 0.493 e. The van der Waals surface area contributed by atoms with E-state index in [9.17, 15) is 4.79 Å². The molecule has 1 aromatic carbocycles. The average molecular weight is 352 g/mol. The van der Waals surface area contributed by atoms with E-state index in [1.54, 1.807) is 32.3 Å². The maximum atomic E-state index is 11.6. The van der Waals surface area contributed by atoms with Gasteiger partial charge in [-0.25, -0.2) is 4.79 Å². The van der Waals surface area contributed by atoms with Crippen molar-refractivity contribution in [3.8, 4) is 11.5 Å². The second-order valence-electron chi connectivity index (χ2n) is 4.25. The fourth-order valence-corrected chi connectivity index (χ4v) is 2.37. The molecule has 1 aliphatic heterocycles. The Morgan fingerprint density at radius 2 is 2.24 bits per heavy atom. The summed E-state index contributed by atoms with van der Waals surface area (Å²) in [6.07, 6.45) is 3.34. The third-order valence-corrected chi connectivity index (χ3v) is 3.37. The van der Waals surface area contributed by atoms with Crippen molar-refractivity contribution in [3.05, 3.63) is 40.4 Å². The SMILES string of the molecule is C=CCOc1c(Br)cc(/C=C2\C(=O)ON=C2C)cc1OC. The first kappa shape index (κ1) is 15.3. The minimum absolute atomic E-state index is 0.369. The Bertz CT molecular complexity index is 649. The van der Waals surface area contributed by atoms with E-state index in [2.05, 4.69) is 32.5 Å². The topological polar surface area (TPSA) is 57.1 Å². The molecular weight excluding hydrogens is 338 g/mol. The summed E-state index contributed by atoms with van der Waals surface area (Å²) in [6, 6.07) is 3.60. The van der Waals surface area contributed by atoms with Crippen molar-refractivity contribution >= 4 is 33.7 Å². The molecule has 0 saturated heterocycles. The summed E-state index contributed by atoms with van der Waals surface area (Å²) in [5.41, 5.74) is 1.74. The van der Waals surface area contributed by atoms with Gasteiger partial charge >= 0.3 is 5.97 Å². The second-order valence-corrected chi connectivity index (χ2v) is 5.10. The zero-order valence-corrected chi connectivity index (χ0v) is 13.3. The first-order valence-corrected chi connectivity index (χ1v) is 6.95. The monoisotopic (exact) mass is 351 g/mol. The van der Waals surface area contributed by atoms with Crippen LogP contribution in [0.2, 0.25) is 0 Å². The number of halogens is 1. The molecule has 21 heavy (non-hydrogen) atoms. The van der Waals surface area contributed by atoms with Crippen LogP contribution in [0.25, 0.3) is 6.08 Å². The van der Waals surface area contributed by atoms with Gasteiger partial charge in [0, 0.05) is 0 Å². The van der Waals surface area contributed by atoms with Crippen LogP contribution >= 0.6 is 15.9 Å². The average Bonchev–Trinajstić information content (AvgIpc) is 2.77. The fraction of sp³-hybridized carbons (Fsp3) is 0.200. The first-order valence-electron chi connectivity index (χ1n) is 6.16. The normalized spacial score (nSPS) is 15.7. The standard InChI is InChI=1S/C15H14BrNO4/c1-4-5-20-14-12(16)7-10(8-13(14)19-3)6-11-9(2)17-21-15(11)18/h4,6-8H,1,5H2,2-3H3/b11-6-. The molecule has 2 rings (SSSR count). The highest BCUT2D eigenvalue weighted by atomic mass is 79.9. The van der Waals surface area contributed by atoms with Crippen molar-refractivity contribution in [2.24, 2.45) is 5.16 Å². The molecule has 5 nitrogen and oxygen atoms in total. The molecule has 0 unspecified atom stereocenters. The summed E-state index contributed by atoms with van der Waals surface area (Å²) in [6.45, 7) is 5.69. The zero-order valence-electron chi connectivity index (χ0n) is 11.7. The molecule has 0 aromatic heterocycles. The van der Waals surface area contributed by atoms with Crippen LogP contribution in [0.4, 0.5) is 0 Å². The van der Waals surface area contributed by atoms with Crippen LogP contribution in [0, 0.1) is 0 Å². The van der Waals surface area contributed by atoms with Gasteiger partial charge in [-0.1, -0.05) is 17.8 Å². The van der Waals surface area contributed by atoms with Gasteiger partial charge in [0.25, 0.3) is 0 Å². The fourth-order valence-electron chi connectivity index (χ4n) is 1.79. The highest BCUT2D eigenvalue weighted by Crippen LogP contribution is 2.37. The number of ether oxygens (including phenoxy) is 2. The van der Waals surface area contributed by atoms with Crippen LogP contribution in [0.3, 0.4) is 0 Å². The van der Waals surface area contributed by atoms with Gasteiger partial charge in [-0.3, -0.25) is 0 Å². The van der Waals surface area contributed by atoms with Crippen molar-refractivity contribution in [1.29, 1.82) is 0 Å². The molecule has 1 heterocycles. The molecule has 0 N–H and O–H groups in total. The third kappa shape index (κ3) is 3.33. The summed E-state index contributed by atoms with van der Waals surface area (Å²) < 4.78 is 11.6. The molecule has 0 aliphatic carbocycles. The number of hydrogen-bond acceptors (Lipinski definition) is 5. The number of methoxy groups -OCH3 is 1. The van der Waals surface area contributed by atoms with Crippen LogP contribution in [0.15, 0.2) is 40.0 Å². The molecule has 1 aliphatic rings. The van der Waals surface area contributed by atoms with Gasteiger partial charge in [0.05, 0.1) is 22.9 Å². The lowest BCUT2D eigenvalue weighted by atomic mass is 10.1. The predicted molar refractivity (Wildman–Crippen MR) is 83.6 cm³/mol. The van der Waals surface area contributed by atoms with Gasteiger partial charge in [0.1, 0.15) is 6.61 Å². The Morgan fingerprint density at radius 1 is 1.48 bits per heavy atom. The van der Waals surface area contributed by atoms with Gasteiger partial charge in [0.15, 0.2) is 11.5 Å². The lowest BCUT2D eigenvalue weighted by Crippen LogP contribution is -2.02. The number of nitrogens with zero attached hydrogens (tertiary/aromatic N) is 1. The zero-order chi connectivity index (χ0) is 15.4. The minimum atomic E-state index is -0.463. The number of carbonyl (C=O) groups excluding carboxylic acids is 1. The maximum Gasteiger partial charge on any atom is 0.367 e. The predicted octanol–water partition coefficient (Wildman–Crippen LogP) is 3.34. The smallest absolute Gasteiger partial charge is 0.367 e. The molecular formula is C15H14BrNO4. The Labute approximate surface area is 131 Å². The summed E-state index contributed by atoms with van der Waals surface area (Å²) in [7, 11) is 1.55. The van der Waals surface area contributed by atoms with Crippen LogP contribution in [-0.2, 0) is 9.63 Å². The third-order valence-electron chi connectivity index (χ3n) is 2.78. The highest BCUT2D eigenvalue weighted by molar-refractivity contribution is 9.10. The summed E-state index contributed by atoms with van der Waals surface area (Å²) in [5.74, 6) is 0.674.